The number of Topliss-reactive ketones (excluding diaryl/α,β-unsaturated/α-hetero) is 1. The van der Waals surface area contributed by atoms with Gasteiger partial charge in [0.15, 0.2) is 0 Å². The second-order valence-corrected chi connectivity index (χ2v) is 7.22. The fourth-order valence-corrected chi connectivity index (χ4v) is 3.67. The van der Waals surface area contributed by atoms with E-state index in [9.17, 15) is 14.7 Å². The summed E-state index contributed by atoms with van der Waals surface area (Å²) in [6.07, 6.45) is 1.60. The fourth-order valence-electron chi connectivity index (χ4n) is 3.67. The summed E-state index contributed by atoms with van der Waals surface area (Å²) in [5.74, 6) is -1.12. The zero-order valence-electron chi connectivity index (χ0n) is 17.3. The molecule has 6 nitrogen and oxygen atoms in total. The van der Waals surface area contributed by atoms with Crippen molar-refractivity contribution in [1.82, 2.24) is 4.98 Å². The molecule has 2 aromatic carbocycles. The fraction of sp³-hybridized carbons (Fsp3) is 0.160. The van der Waals surface area contributed by atoms with Crippen LogP contribution in [0.3, 0.4) is 0 Å². The van der Waals surface area contributed by atoms with Gasteiger partial charge in [-0.05, 0) is 38.1 Å². The number of ether oxygens (including phenoxy) is 1. The van der Waals surface area contributed by atoms with Crippen molar-refractivity contribution in [2.24, 2.45) is 0 Å². The number of ketones is 1. The molecule has 2 heterocycles. The minimum Gasteiger partial charge on any atom is -0.507 e. The lowest BCUT2D eigenvalue weighted by molar-refractivity contribution is -0.132. The molecule has 1 fully saturated rings. The molecule has 3 aromatic rings. The van der Waals surface area contributed by atoms with Gasteiger partial charge in [0, 0.05) is 23.5 Å². The molecule has 0 bridgehead atoms. The van der Waals surface area contributed by atoms with Crippen molar-refractivity contribution in [2.45, 2.75) is 19.9 Å². The highest BCUT2D eigenvalue weighted by Gasteiger charge is 2.47. The van der Waals surface area contributed by atoms with Crippen LogP contribution in [-0.4, -0.2) is 28.4 Å². The van der Waals surface area contributed by atoms with Gasteiger partial charge in [0.2, 0.25) is 0 Å². The summed E-state index contributed by atoms with van der Waals surface area (Å²) in [6.45, 7) is 4.27. The Bertz CT molecular complexity index is 1150. The highest BCUT2D eigenvalue weighted by Crippen LogP contribution is 2.42. The number of amides is 1. The molecule has 31 heavy (non-hydrogen) atoms. The number of pyridine rings is 1. The zero-order chi connectivity index (χ0) is 22.0. The van der Waals surface area contributed by atoms with Gasteiger partial charge in [-0.15, -0.1) is 0 Å². The van der Waals surface area contributed by atoms with Crippen molar-refractivity contribution in [3.8, 4) is 5.75 Å². The van der Waals surface area contributed by atoms with E-state index in [-0.39, 0.29) is 11.3 Å². The number of rotatable bonds is 5. The van der Waals surface area contributed by atoms with Crippen molar-refractivity contribution in [3.05, 3.63) is 95.3 Å². The maximum Gasteiger partial charge on any atom is 0.300 e. The smallest absolute Gasteiger partial charge is 0.300 e. The predicted octanol–water partition coefficient (Wildman–Crippen LogP) is 4.42. The van der Waals surface area contributed by atoms with Gasteiger partial charge in [0.05, 0.1) is 17.9 Å². The Hall–Kier alpha value is -3.93. The third-order valence-electron chi connectivity index (χ3n) is 5.14. The van der Waals surface area contributed by atoms with E-state index in [4.69, 9.17) is 4.74 Å². The van der Waals surface area contributed by atoms with Crippen LogP contribution in [0.15, 0.2) is 78.5 Å². The summed E-state index contributed by atoms with van der Waals surface area (Å²) < 4.78 is 5.56. The molecule has 1 unspecified atom stereocenters. The van der Waals surface area contributed by atoms with Crippen molar-refractivity contribution >= 4 is 23.1 Å². The van der Waals surface area contributed by atoms with Crippen molar-refractivity contribution < 1.29 is 19.4 Å². The van der Waals surface area contributed by atoms with Crippen LogP contribution in [0.5, 0.6) is 5.75 Å². The molecule has 1 N–H and O–H groups in total. The molecule has 0 spiro atoms. The first-order valence-electron chi connectivity index (χ1n) is 10.0. The maximum absolute atomic E-state index is 13.1. The van der Waals surface area contributed by atoms with Crippen LogP contribution in [0.25, 0.3) is 5.76 Å². The first kappa shape index (κ1) is 20.3. The summed E-state index contributed by atoms with van der Waals surface area (Å²) in [5, 5.41) is 11.1. The van der Waals surface area contributed by atoms with Crippen LogP contribution in [0.1, 0.15) is 29.8 Å². The number of benzene rings is 2. The third kappa shape index (κ3) is 3.80. The average Bonchev–Trinajstić information content (AvgIpc) is 3.05. The minimum atomic E-state index is -0.862. The Morgan fingerprint density at radius 3 is 2.52 bits per heavy atom. The summed E-state index contributed by atoms with van der Waals surface area (Å²) >= 11 is 0. The van der Waals surface area contributed by atoms with Crippen LogP contribution in [0, 0.1) is 6.92 Å². The van der Waals surface area contributed by atoms with Crippen LogP contribution >= 0.6 is 0 Å². The SMILES string of the molecule is CCOc1cccc(N2C(=O)C(=O)/C(=C(/O)c3ccc(C)cc3)C2c2ccccn2)c1. The van der Waals surface area contributed by atoms with Gasteiger partial charge in [-0.3, -0.25) is 19.5 Å². The lowest BCUT2D eigenvalue weighted by Gasteiger charge is -2.25. The number of hydrogen-bond acceptors (Lipinski definition) is 5. The van der Waals surface area contributed by atoms with E-state index in [0.717, 1.165) is 5.56 Å². The number of nitrogens with zero attached hydrogens (tertiary/aromatic N) is 2. The minimum absolute atomic E-state index is 0.00867. The van der Waals surface area contributed by atoms with E-state index < -0.39 is 17.7 Å². The molecule has 1 aromatic heterocycles. The second-order valence-electron chi connectivity index (χ2n) is 7.22. The van der Waals surface area contributed by atoms with E-state index in [0.29, 0.717) is 29.3 Å². The molecule has 0 radical (unpaired) electrons. The van der Waals surface area contributed by atoms with Gasteiger partial charge in [-0.25, -0.2) is 0 Å². The summed E-state index contributed by atoms with van der Waals surface area (Å²) in [6, 6.07) is 18.5. The Morgan fingerprint density at radius 2 is 1.84 bits per heavy atom. The molecule has 1 atom stereocenters. The van der Waals surface area contributed by atoms with Crippen molar-refractivity contribution in [1.29, 1.82) is 0 Å². The molecular formula is C25H22N2O4. The normalized spacial score (nSPS) is 17.7. The van der Waals surface area contributed by atoms with Crippen LogP contribution in [0.2, 0.25) is 0 Å². The highest BCUT2D eigenvalue weighted by molar-refractivity contribution is 6.51. The van der Waals surface area contributed by atoms with Crippen LogP contribution in [0.4, 0.5) is 5.69 Å². The first-order chi connectivity index (χ1) is 15.0. The average molecular weight is 414 g/mol. The first-order valence-corrected chi connectivity index (χ1v) is 10.0. The lowest BCUT2D eigenvalue weighted by atomic mass is 9.97. The monoisotopic (exact) mass is 414 g/mol. The number of aromatic nitrogens is 1. The molecule has 1 aliphatic rings. The second kappa shape index (κ2) is 8.44. The Labute approximate surface area is 180 Å². The Balaban J connectivity index is 1.91. The highest BCUT2D eigenvalue weighted by atomic mass is 16.5. The number of aliphatic hydroxyl groups excluding tert-OH is 1. The van der Waals surface area contributed by atoms with Gasteiger partial charge >= 0.3 is 0 Å². The predicted molar refractivity (Wildman–Crippen MR) is 118 cm³/mol. The number of carbonyl (C=O) groups is 2. The summed E-state index contributed by atoms with van der Waals surface area (Å²) in [7, 11) is 0. The van der Waals surface area contributed by atoms with E-state index in [1.165, 1.54) is 4.90 Å². The van der Waals surface area contributed by atoms with Gasteiger partial charge < -0.3 is 9.84 Å². The molecule has 156 valence electrons. The maximum atomic E-state index is 13.1. The summed E-state index contributed by atoms with van der Waals surface area (Å²) in [4.78, 5) is 32.0. The largest absolute Gasteiger partial charge is 0.507 e. The van der Waals surface area contributed by atoms with Crippen molar-refractivity contribution in [3.63, 3.8) is 0 Å². The van der Waals surface area contributed by atoms with Crippen LogP contribution in [-0.2, 0) is 9.59 Å². The van der Waals surface area contributed by atoms with Gasteiger partial charge in [0.1, 0.15) is 17.6 Å². The number of hydrogen-bond donors (Lipinski definition) is 1. The van der Waals surface area contributed by atoms with Crippen LogP contribution < -0.4 is 9.64 Å². The summed E-state index contributed by atoms with van der Waals surface area (Å²) in [5.41, 5.74) is 2.47. The van der Waals surface area contributed by atoms with E-state index in [1.807, 2.05) is 26.0 Å². The Morgan fingerprint density at radius 1 is 1.06 bits per heavy atom. The quantitative estimate of drug-likeness (QED) is 0.380. The number of aliphatic hydroxyl groups is 1. The Kier molecular flexibility index (Phi) is 5.54. The topological polar surface area (TPSA) is 79.7 Å². The molecule has 1 saturated heterocycles. The third-order valence-corrected chi connectivity index (χ3v) is 5.14. The molecule has 4 rings (SSSR count). The number of carbonyl (C=O) groups excluding carboxylic acids is 2. The molecule has 0 aliphatic carbocycles. The molecule has 1 amide bonds. The van der Waals surface area contributed by atoms with E-state index in [2.05, 4.69) is 4.98 Å². The van der Waals surface area contributed by atoms with Gasteiger partial charge in [-0.1, -0.05) is 42.0 Å². The number of anilines is 1. The number of aryl methyl sites for hydroxylation is 1. The van der Waals surface area contributed by atoms with E-state index >= 15 is 0 Å². The van der Waals surface area contributed by atoms with Gasteiger partial charge in [0.25, 0.3) is 11.7 Å². The molecule has 1 aliphatic heterocycles. The molecule has 6 heteroatoms. The molecular weight excluding hydrogens is 392 g/mol. The van der Waals surface area contributed by atoms with Crippen molar-refractivity contribution in [2.75, 3.05) is 11.5 Å². The van der Waals surface area contributed by atoms with E-state index in [1.54, 1.807) is 60.8 Å². The van der Waals surface area contributed by atoms with Gasteiger partial charge in [-0.2, -0.15) is 0 Å². The zero-order valence-corrected chi connectivity index (χ0v) is 17.3. The standard InChI is InChI=1S/C25H22N2O4/c1-3-31-19-8-6-7-18(15-19)27-22(20-9-4-5-14-26-20)21(24(29)25(27)30)23(28)17-12-10-16(2)11-13-17/h4-15,22,28H,3H2,1-2H3/b23-21+. The molecule has 0 saturated carbocycles. The lowest BCUT2D eigenvalue weighted by Crippen LogP contribution is -2.29.